The van der Waals surface area contributed by atoms with Crippen LogP contribution in [0.4, 0.5) is 13.2 Å². The van der Waals surface area contributed by atoms with Crippen LogP contribution in [-0.4, -0.2) is 7.85 Å². The summed E-state index contributed by atoms with van der Waals surface area (Å²) in [7, 11) is 5.47. The first-order valence-electron chi connectivity index (χ1n) is 14.9. The molecule has 0 aliphatic heterocycles. The Morgan fingerprint density at radius 3 is 2.08 bits per heavy atom. The Hall–Kier alpha value is -3.01. The Labute approximate surface area is 238 Å². The van der Waals surface area contributed by atoms with Crippen LogP contribution in [0.2, 0.25) is 0 Å². The molecule has 4 heteroatoms. The van der Waals surface area contributed by atoms with Gasteiger partial charge in [0.15, 0.2) is 11.6 Å². The highest BCUT2D eigenvalue weighted by Crippen LogP contribution is 2.42. The van der Waals surface area contributed by atoms with Crippen molar-refractivity contribution >= 4 is 13.4 Å². The zero-order valence-electron chi connectivity index (χ0n) is 23.4. The zero-order valence-corrected chi connectivity index (χ0v) is 23.4. The number of benzene rings is 3. The maximum absolute atomic E-state index is 15.3. The summed E-state index contributed by atoms with van der Waals surface area (Å²) in [6.07, 6.45) is 18.0. The van der Waals surface area contributed by atoms with Crippen LogP contribution in [0, 0.1) is 35.2 Å². The van der Waals surface area contributed by atoms with E-state index in [4.69, 9.17) is 7.85 Å². The fourth-order valence-corrected chi connectivity index (χ4v) is 6.74. The molecule has 5 rings (SSSR count). The molecule has 1 atom stereocenters. The fraction of sp³-hybridized carbons (Fsp3) is 0.389. The quantitative estimate of drug-likeness (QED) is 0.198. The van der Waals surface area contributed by atoms with Crippen LogP contribution >= 0.6 is 0 Å². The predicted molar refractivity (Wildman–Crippen MR) is 161 cm³/mol. The van der Waals surface area contributed by atoms with Gasteiger partial charge < -0.3 is 0 Å². The second-order valence-corrected chi connectivity index (χ2v) is 11.6. The van der Waals surface area contributed by atoms with Gasteiger partial charge in [-0.3, -0.25) is 0 Å². The molecule has 0 N–H and O–H groups in total. The molecular formula is C36H38BF3. The summed E-state index contributed by atoms with van der Waals surface area (Å²) in [4.78, 5) is 0. The largest absolute Gasteiger partial charge is 0.206 e. The van der Waals surface area contributed by atoms with Gasteiger partial charge in [-0.1, -0.05) is 85.9 Å². The third-order valence-corrected chi connectivity index (χ3v) is 9.22. The molecule has 1 fully saturated rings. The molecule has 2 aliphatic carbocycles. The fourth-order valence-electron chi connectivity index (χ4n) is 6.74. The third kappa shape index (κ3) is 6.32. The molecule has 0 aromatic heterocycles. The van der Waals surface area contributed by atoms with Crippen molar-refractivity contribution in [2.75, 3.05) is 0 Å². The second-order valence-electron chi connectivity index (χ2n) is 11.6. The van der Waals surface area contributed by atoms with Gasteiger partial charge in [-0.2, -0.15) is 0 Å². The van der Waals surface area contributed by atoms with E-state index in [0.29, 0.717) is 16.7 Å². The van der Waals surface area contributed by atoms with Gasteiger partial charge in [0.25, 0.3) is 0 Å². The molecule has 206 valence electrons. The van der Waals surface area contributed by atoms with Gasteiger partial charge in [-0.15, -0.1) is 0 Å². The minimum absolute atomic E-state index is 0.0623. The summed E-state index contributed by atoms with van der Waals surface area (Å²) < 4.78 is 44.0. The first kappa shape index (κ1) is 28.5. The Kier molecular flexibility index (Phi) is 9.34. The van der Waals surface area contributed by atoms with E-state index in [9.17, 15) is 8.78 Å². The Morgan fingerprint density at radius 1 is 0.775 bits per heavy atom. The molecule has 0 spiro atoms. The van der Waals surface area contributed by atoms with Crippen molar-refractivity contribution in [1.82, 2.24) is 0 Å². The summed E-state index contributed by atoms with van der Waals surface area (Å²) in [5.41, 5.74) is 4.24. The molecule has 1 unspecified atom stereocenters. The predicted octanol–water partition coefficient (Wildman–Crippen LogP) is 10.5. The number of hydrogen-bond acceptors (Lipinski definition) is 0. The van der Waals surface area contributed by atoms with Gasteiger partial charge in [-0.05, 0) is 104 Å². The summed E-state index contributed by atoms with van der Waals surface area (Å²) in [5.74, 6) is 0.383. The number of rotatable bonds is 8. The lowest BCUT2D eigenvalue weighted by Crippen LogP contribution is -2.23. The van der Waals surface area contributed by atoms with Gasteiger partial charge in [0.1, 0.15) is 5.82 Å². The lowest BCUT2D eigenvalue weighted by Gasteiger charge is -2.35. The monoisotopic (exact) mass is 538 g/mol. The van der Waals surface area contributed by atoms with Crippen LogP contribution < -0.4 is 0 Å². The van der Waals surface area contributed by atoms with Crippen LogP contribution in [-0.2, 0) is 6.32 Å². The van der Waals surface area contributed by atoms with Crippen molar-refractivity contribution < 1.29 is 13.2 Å². The van der Waals surface area contributed by atoms with E-state index in [1.165, 1.54) is 62.7 Å². The van der Waals surface area contributed by atoms with Gasteiger partial charge in [0, 0.05) is 11.1 Å². The maximum Gasteiger partial charge on any atom is 0.166 e. The summed E-state index contributed by atoms with van der Waals surface area (Å²) >= 11 is 0. The third-order valence-electron chi connectivity index (χ3n) is 9.22. The lowest BCUT2D eigenvalue weighted by molar-refractivity contribution is 0.190. The van der Waals surface area contributed by atoms with Crippen molar-refractivity contribution in [3.8, 4) is 22.3 Å². The molecule has 40 heavy (non-hydrogen) atoms. The van der Waals surface area contributed by atoms with Crippen LogP contribution in [0.25, 0.3) is 27.8 Å². The standard InChI is InChI=1S/C36H38BF3/c1-2-3-4-5-24-6-8-25(9-7-24)26-10-12-27(13-11-26)30-18-20-32(34(38)22-30)28-14-16-29(17-15-28)33-21-19-31(23-37)35(39)36(33)40/h2-3,12,14-22,24-26H,4-11,13,23H2,1H3/b3-2+. The summed E-state index contributed by atoms with van der Waals surface area (Å²) in [6.45, 7) is 2.10. The lowest BCUT2D eigenvalue weighted by atomic mass is 9.70. The van der Waals surface area contributed by atoms with Gasteiger partial charge in [0.2, 0.25) is 0 Å². The summed E-state index contributed by atoms with van der Waals surface area (Å²) in [6, 6.07) is 15.4. The van der Waals surface area contributed by atoms with E-state index in [1.807, 2.05) is 12.1 Å². The van der Waals surface area contributed by atoms with Crippen molar-refractivity contribution in [2.45, 2.75) is 71.0 Å². The number of hydrogen-bond donors (Lipinski definition) is 0. The molecule has 1 saturated carbocycles. The van der Waals surface area contributed by atoms with Crippen LogP contribution in [0.5, 0.6) is 0 Å². The van der Waals surface area contributed by atoms with Crippen LogP contribution in [0.3, 0.4) is 0 Å². The van der Waals surface area contributed by atoms with E-state index >= 15 is 4.39 Å². The van der Waals surface area contributed by atoms with E-state index < -0.39 is 11.6 Å². The van der Waals surface area contributed by atoms with Gasteiger partial charge >= 0.3 is 0 Å². The SMILES string of the molecule is [B]Cc1ccc(-c2ccc(-c3ccc(C4=CCC(C5CCC(CC/C=C/C)CC5)CC4)cc3F)cc2)c(F)c1F. The molecule has 0 bridgehead atoms. The number of halogens is 3. The number of allylic oxidation sites excluding steroid dienone is 4. The molecule has 0 nitrogen and oxygen atoms in total. The maximum atomic E-state index is 15.3. The normalized spacial score (nSPS) is 21.5. The topological polar surface area (TPSA) is 0 Å². The Balaban J connectivity index is 1.22. The summed E-state index contributed by atoms with van der Waals surface area (Å²) in [5, 5.41) is 0. The first-order valence-corrected chi connectivity index (χ1v) is 14.9. The zero-order chi connectivity index (χ0) is 28.1. The van der Waals surface area contributed by atoms with Crippen molar-refractivity contribution in [3.05, 3.63) is 101 Å². The average molecular weight is 539 g/mol. The van der Waals surface area contributed by atoms with Crippen molar-refractivity contribution in [1.29, 1.82) is 0 Å². The minimum Gasteiger partial charge on any atom is -0.206 e. The highest BCUT2D eigenvalue weighted by molar-refractivity contribution is 6.08. The first-order chi connectivity index (χ1) is 19.5. The molecular weight excluding hydrogens is 500 g/mol. The van der Waals surface area contributed by atoms with E-state index in [-0.39, 0.29) is 23.3 Å². The molecule has 3 aromatic carbocycles. The van der Waals surface area contributed by atoms with E-state index in [1.54, 1.807) is 30.3 Å². The minimum atomic E-state index is -0.919. The van der Waals surface area contributed by atoms with Crippen molar-refractivity contribution in [3.63, 3.8) is 0 Å². The van der Waals surface area contributed by atoms with Crippen molar-refractivity contribution in [2.24, 2.45) is 17.8 Å². The average Bonchev–Trinajstić information content (AvgIpc) is 2.99. The van der Waals surface area contributed by atoms with E-state index in [2.05, 4.69) is 25.2 Å². The molecule has 0 heterocycles. The second kappa shape index (κ2) is 13.1. The van der Waals surface area contributed by atoms with Crippen LogP contribution in [0.15, 0.2) is 72.8 Å². The van der Waals surface area contributed by atoms with E-state index in [0.717, 1.165) is 36.2 Å². The Morgan fingerprint density at radius 2 is 1.45 bits per heavy atom. The van der Waals surface area contributed by atoms with Crippen LogP contribution in [0.1, 0.15) is 75.8 Å². The molecule has 2 radical (unpaired) electrons. The van der Waals surface area contributed by atoms with Gasteiger partial charge in [0.05, 0.1) is 7.85 Å². The highest BCUT2D eigenvalue weighted by Gasteiger charge is 2.28. The molecule has 0 amide bonds. The van der Waals surface area contributed by atoms with Gasteiger partial charge in [-0.25, -0.2) is 13.2 Å². The Bertz CT molecular complexity index is 1360. The highest BCUT2D eigenvalue weighted by atomic mass is 19.2. The molecule has 3 aromatic rings. The molecule has 2 aliphatic rings. The molecule has 0 saturated heterocycles. The smallest absolute Gasteiger partial charge is 0.166 e.